The van der Waals surface area contributed by atoms with Crippen LogP contribution >= 0.6 is 0 Å². The van der Waals surface area contributed by atoms with Crippen LogP contribution in [-0.2, 0) is 10.3 Å². The molecule has 0 amide bonds. The fourth-order valence-corrected chi connectivity index (χ4v) is 2.76. The Balaban J connectivity index is 2.01. The minimum absolute atomic E-state index is 0.131. The minimum Gasteiger partial charge on any atom is -0.467 e. The molecule has 0 aromatic heterocycles. The Bertz CT molecular complexity index is 725. The van der Waals surface area contributed by atoms with Crippen LogP contribution in [0.2, 0.25) is 0 Å². The van der Waals surface area contributed by atoms with Crippen molar-refractivity contribution in [2.24, 2.45) is 4.99 Å². The van der Waals surface area contributed by atoms with E-state index < -0.39 is 11.6 Å². The second-order valence-corrected chi connectivity index (χ2v) is 5.51. The molecule has 2 atom stereocenters. The third-order valence-corrected chi connectivity index (χ3v) is 3.91. The van der Waals surface area contributed by atoms with Crippen LogP contribution in [0.5, 0.6) is 0 Å². The summed E-state index contributed by atoms with van der Waals surface area (Å²) in [5.74, 6) is 0.00651. The van der Waals surface area contributed by atoms with Crippen molar-refractivity contribution in [3.8, 4) is 0 Å². The molecule has 4 heteroatoms. The monoisotopic (exact) mass is 297 g/mol. The second kappa shape index (κ2) is 5.37. The molecule has 1 aliphatic rings. The fraction of sp³-hybridized carbons (Fsp3) is 0.222. The van der Waals surface area contributed by atoms with E-state index in [2.05, 4.69) is 4.99 Å². The SMILES string of the molecule is CC1=NC(C)(c2ccc(F)cc2)C(C(=O)c2ccccc2)O1. The van der Waals surface area contributed by atoms with E-state index in [1.165, 1.54) is 12.1 Å². The topological polar surface area (TPSA) is 38.7 Å². The van der Waals surface area contributed by atoms with Crippen molar-refractivity contribution in [3.63, 3.8) is 0 Å². The van der Waals surface area contributed by atoms with Crippen molar-refractivity contribution in [2.75, 3.05) is 0 Å². The van der Waals surface area contributed by atoms with E-state index in [9.17, 15) is 9.18 Å². The number of ether oxygens (including phenoxy) is 1. The van der Waals surface area contributed by atoms with E-state index in [1.807, 2.05) is 25.1 Å². The number of nitrogens with zero attached hydrogens (tertiary/aromatic N) is 1. The number of benzene rings is 2. The molecule has 112 valence electrons. The van der Waals surface area contributed by atoms with Gasteiger partial charge in [-0.3, -0.25) is 4.79 Å². The van der Waals surface area contributed by atoms with Crippen molar-refractivity contribution >= 4 is 11.7 Å². The van der Waals surface area contributed by atoms with Crippen molar-refractivity contribution in [2.45, 2.75) is 25.5 Å². The van der Waals surface area contributed by atoms with E-state index in [0.717, 1.165) is 5.56 Å². The third-order valence-electron chi connectivity index (χ3n) is 3.91. The zero-order valence-corrected chi connectivity index (χ0v) is 12.4. The summed E-state index contributed by atoms with van der Waals surface area (Å²) in [6.07, 6.45) is -0.750. The van der Waals surface area contributed by atoms with E-state index in [4.69, 9.17) is 4.74 Å². The highest BCUT2D eigenvalue weighted by atomic mass is 19.1. The Morgan fingerprint density at radius 1 is 1.14 bits per heavy atom. The van der Waals surface area contributed by atoms with Crippen LogP contribution in [0.1, 0.15) is 29.8 Å². The number of aliphatic imine (C=N–C) groups is 1. The van der Waals surface area contributed by atoms with Gasteiger partial charge >= 0.3 is 0 Å². The average molecular weight is 297 g/mol. The molecule has 3 rings (SSSR count). The van der Waals surface area contributed by atoms with Gasteiger partial charge in [0.05, 0.1) is 0 Å². The fourth-order valence-electron chi connectivity index (χ4n) is 2.76. The largest absolute Gasteiger partial charge is 0.467 e. The summed E-state index contributed by atoms with van der Waals surface area (Å²) in [7, 11) is 0. The van der Waals surface area contributed by atoms with Crippen molar-refractivity contribution in [1.82, 2.24) is 0 Å². The number of halogens is 1. The van der Waals surface area contributed by atoms with Crippen LogP contribution in [0.15, 0.2) is 59.6 Å². The summed E-state index contributed by atoms with van der Waals surface area (Å²) >= 11 is 0. The first kappa shape index (κ1) is 14.4. The van der Waals surface area contributed by atoms with E-state index in [0.29, 0.717) is 11.5 Å². The summed E-state index contributed by atoms with van der Waals surface area (Å²) < 4.78 is 18.8. The Hall–Kier alpha value is -2.49. The lowest BCUT2D eigenvalue weighted by atomic mass is 9.83. The number of rotatable bonds is 3. The standard InChI is InChI=1S/C18H16FNO2/c1-12-20-18(2,14-8-10-15(19)11-9-14)17(22-12)16(21)13-6-4-3-5-7-13/h3-11,17H,1-2H3. The zero-order valence-electron chi connectivity index (χ0n) is 12.4. The van der Waals surface area contributed by atoms with Gasteiger partial charge < -0.3 is 4.74 Å². The molecule has 1 aliphatic heterocycles. The molecular weight excluding hydrogens is 281 g/mol. The molecular formula is C18H16FNO2. The molecule has 1 heterocycles. The van der Waals surface area contributed by atoms with Crippen LogP contribution in [0.4, 0.5) is 4.39 Å². The molecule has 0 radical (unpaired) electrons. The molecule has 0 bridgehead atoms. The molecule has 0 saturated heterocycles. The number of hydrogen-bond acceptors (Lipinski definition) is 3. The minimum atomic E-state index is -0.856. The Morgan fingerprint density at radius 3 is 2.41 bits per heavy atom. The summed E-state index contributed by atoms with van der Waals surface area (Å²) in [4.78, 5) is 17.3. The van der Waals surface area contributed by atoms with Crippen molar-refractivity contribution in [1.29, 1.82) is 0 Å². The maximum atomic E-state index is 13.2. The third kappa shape index (κ3) is 2.41. The van der Waals surface area contributed by atoms with Gasteiger partial charge in [0, 0.05) is 12.5 Å². The van der Waals surface area contributed by atoms with Gasteiger partial charge in [0.25, 0.3) is 0 Å². The smallest absolute Gasteiger partial charge is 0.206 e. The van der Waals surface area contributed by atoms with Gasteiger partial charge in [0.1, 0.15) is 11.4 Å². The predicted molar refractivity (Wildman–Crippen MR) is 82.5 cm³/mol. The first-order valence-corrected chi connectivity index (χ1v) is 7.09. The lowest BCUT2D eigenvalue weighted by Gasteiger charge is -2.27. The van der Waals surface area contributed by atoms with Gasteiger partial charge in [-0.15, -0.1) is 0 Å². The molecule has 0 fully saturated rings. The summed E-state index contributed by atoms with van der Waals surface area (Å²) in [6, 6.07) is 15.0. The first-order valence-electron chi connectivity index (χ1n) is 7.09. The Kier molecular flexibility index (Phi) is 3.53. The predicted octanol–water partition coefficient (Wildman–Crippen LogP) is 3.74. The van der Waals surface area contributed by atoms with E-state index in [1.54, 1.807) is 31.2 Å². The highest BCUT2D eigenvalue weighted by Crippen LogP contribution is 2.37. The zero-order chi connectivity index (χ0) is 15.7. The molecule has 0 N–H and O–H groups in total. The van der Waals surface area contributed by atoms with Gasteiger partial charge in [0.2, 0.25) is 5.78 Å². The number of hydrogen-bond donors (Lipinski definition) is 0. The normalized spacial score (nSPS) is 23.8. The molecule has 2 aromatic rings. The average Bonchev–Trinajstić information content (AvgIpc) is 2.84. The van der Waals surface area contributed by atoms with Gasteiger partial charge in [-0.1, -0.05) is 42.5 Å². The van der Waals surface area contributed by atoms with Crippen LogP contribution in [0, 0.1) is 5.82 Å². The van der Waals surface area contributed by atoms with Crippen LogP contribution in [-0.4, -0.2) is 17.8 Å². The van der Waals surface area contributed by atoms with Crippen molar-refractivity contribution in [3.05, 3.63) is 71.5 Å². The number of Topliss-reactive ketones (excluding diaryl/α,β-unsaturated/α-hetero) is 1. The highest BCUT2D eigenvalue weighted by Gasteiger charge is 2.47. The van der Waals surface area contributed by atoms with Crippen LogP contribution < -0.4 is 0 Å². The van der Waals surface area contributed by atoms with Gasteiger partial charge in [0.15, 0.2) is 12.0 Å². The first-order chi connectivity index (χ1) is 10.5. The molecule has 2 unspecified atom stereocenters. The van der Waals surface area contributed by atoms with E-state index in [-0.39, 0.29) is 11.6 Å². The molecule has 3 nitrogen and oxygen atoms in total. The maximum Gasteiger partial charge on any atom is 0.206 e. The summed E-state index contributed by atoms with van der Waals surface area (Å²) in [6.45, 7) is 3.56. The van der Waals surface area contributed by atoms with Crippen molar-refractivity contribution < 1.29 is 13.9 Å². The molecule has 0 spiro atoms. The van der Waals surface area contributed by atoms with Crippen LogP contribution in [0.3, 0.4) is 0 Å². The second-order valence-electron chi connectivity index (χ2n) is 5.51. The maximum absolute atomic E-state index is 13.2. The highest BCUT2D eigenvalue weighted by molar-refractivity contribution is 6.02. The number of carbonyl (C=O) groups is 1. The molecule has 2 aromatic carbocycles. The van der Waals surface area contributed by atoms with Gasteiger partial charge in [-0.05, 0) is 24.6 Å². The van der Waals surface area contributed by atoms with Crippen LogP contribution in [0.25, 0.3) is 0 Å². The van der Waals surface area contributed by atoms with E-state index >= 15 is 0 Å². The molecule has 0 saturated carbocycles. The lowest BCUT2D eigenvalue weighted by Crippen LogP contribution is -2.39. The Labute approximate surface area is 128 Å². The lowest BCUT2D eigenvalue weighted by molar-refractivity contribution is 0.0692. The van der Waals surface area contributed by atoms with Gasteiger partial charge in [-0.2, -0.15) is 0 Å². The summed E-state index contributed by atoms with van der Waals surface area (Å²) in [5.41, 5.74) is 0.468. The molecule has 22 heavy (non-hydrogen) atoms. The summed E-state index contributed by atoms with van der Waals surface area (Å²) in [5, 5.41) is 0. The van der Waals surface area contributed by atoms with Gasteiger partial charge in [-0.25, -0.2) is 9.38 Å². The Morgan fingerprint density at radius 2 is 1.77 bits per heavy atom. The number of carbonyl (C=O) groups excluding carboxylic acids is 1. The quantitative estimate of drug-likeness (QED) is 0.809. The number of ketones is 1. The molecule has 0 aliphatic carbocycles.